The molecule has 71 heavy (non-hydrogen) atoms. The first kappa shape index (κ1) is 50.2. The van der Waals surface area contributed by atoms with Crippen LogP contribution in [-0.4, -0.2) is 6.85 Å². The maximum Gasteiger partial charge on any atom is 0.330 e. The number of para-hydroxylation sites is 1. The van der Waals surface area contributed by atoms with Crippen molar-refractivity contribution in [1.29, 1.82) is 0 Å². The van der Waals surface area contributed by atoms with Crippen LogP contribution >= 0.6 is 0 Å². The Kier molecular flexibility index (Phi) is 13.0. The number of fused-ring (bicyclic) bond motifs is 6. The van der Waals surface area contributed by atoms with E-state index in [-0.39, 0.29) is 39.3 Å². The molecule has 4 heteroatoms. The first-order chi connectivity index (χ1) is 33.4. The lowest BCUT2D eigenvalue weighted by molar-refractivity contribution is 0.332. The van der Waals surface area contributed by atoms with Gasteiger partial charge >= 0.3 is 6.85 Å². The standard InChI is InChI=1S/C67H82BN3/c1-46-40-47(62(2,3)4)24-23-39-69-49-25-22-30-52(42-49)70(53-32-33-55-56(43-53)65(10,11)36-35-64(55,8)9)61-45-58-57(66(12,13)37-38-67(58,14)15)44-60(61)68(59-34-31-48(41-54(46)59)63(5,6)7)71(50-26-18-16-19-27-50)51-28-20-17-21-29-51/h16-20,22-28,30-34,39-45,69H,21,29,35-38H2,1-15H3/b39-23+,46-40-,47-24+. The molecule has 1 N–H and O–H groups in total. The maximum atomic E-state index is 3.73. The second-order valence-electron chi connectivity index (χ2n) is 26.1. The molecular weight excluding hydrogens is 858 g/mol. The number of allylic oxidation sites excluding steroid dienone is 9. The third kappa shape index (κ3) is 9.82. The van der Waals surface area contributed by atoms with Gasteiger partial charge in [-0.05, 0) is 194 Å². The number of nitrogens with zero attached hydrogens (tertiary/aromatic N) is 2. The Labute approximate surface area is 430 Å². The fraction of sp³-hybridized carbons (Fsp3) is 0.403. The molecule has 0 atom stereocenters. The molecule has 5 aromatic carbocycles. The van der Waals surface area contributed by atoms with E-state index < -0.39 is 0 Å². The number of rotatable bonds is 4. The average Bonchev–Trinajstić information content (AvgIpc) is 3.32. The molecule has 4 aliphatic rings. The molecule has 1 aliphatic heterocycles. The zero-order chi connectivity index (χ0) is 50.9. The number of anilines is 5. The van der Waals surface area contributed by atoms with Gasteiger partial charge < -0.3 is 15.0 Å². The summed E-state index contributed by atoms with van der Waals surface area (Å²) >= 11 is 0. The molecule has 368 valence electrons. The van der Waals surface area contributed by atoms with Crippen molar-refractivity contribution in [3.05, 3.63) is 190 Å². The van der Waals surface area contributed by atoms with Gasteiger partial charge in [-0.3, -0.25) is 0 Å². The van der Waals surface area contributed by atoms with Crippen molar-refractivity contribution in [1.82, 2.24) is 0 Å². The highest BCUT2D eigenvalue weighted by Gasteiger charge is 2.44. The predicted molar refractivity (Wildman–Crippen MR) is 311 cm³/mol. The zero-order valence-corrected chi connectivity index (χ0v) is 46.1. The van der Waals surface area contributed by atoms with Crippen LogP contribution in [0.15, 0.2) is 157 Å². The van der Waals surface area contributed by atoms with E-state index in [0.29, 0.717) is 0 Å². The molecule has 0 unspecified atom stereocenters. The molecule has 9 rings (SSSR count). The molecule has 2 bridgehead atoms. The highest BCUT2D eigenvalue weighted by atomic mass is 15.2. The van der Waals surface area contributed by atoms with Gasteiger partial charge in [0.15, 0.2) is 0 Å². The number of hydrogen-bond donors (Lipinski definition) is 1. The first-order valence-corrected chi connectivity index (χ1v) is 26.8. The van der Waals surface area contributed by atoms with E-state index in [2.05, 4.69) is 265 Å². The van der Waals surface area contributed by atoms with Gasteiger partial charge in [-0.2, -0.15) is 0 Å². The van der Waals surface area contributed by atoms with E-state index in [1.807, 2.05) is 0 Å². The van der Waals surface area contributed by atoms with Crippen LogP contribution in [-0.2, 0) is 27.1 Å². The van der Waals surface area contributed by atoms with Crippen molar-refractivity contribution < 1.29 is 0 Å². The lowest BCUT2D eigenvalue weighted by Gasteiger charge is -2.45. The van der Waals surface area contributed by atoms with E-state index in [9.17, 15) is 0 Å². The summed E-state index contributed by atoms with van der Waals surface area (Å²) in [4.78, 5) is 5.36. The van der Waals surface area contributed by atoms with E-state index >= 15 is 0 Å². The molecule has 0 saturated carbocycles. The summed E-state index contributed by atoms with van der Waals surface area (Å²) in [6.07, 6.45) is 22.6. The second kappa shape index (κ2) is 18.4. The first-order valence-electron chi connectivity index (χ1n) is 26.8. The zero-order valence-electron chi connectivity index (χ0n) is 46.1. The topological polar surface area (TPSA) is 18.5 Å². The summed E-state index contributed by atoms with van der Waals surface area (Å²) in [6.45, 7) is 36.0. The fourth-order valence-corrected chi connectivity index (χ4v) is 11.9. The van der Waals surface area contributed by atoms with E-state index in [1.165, 1.54) is 84.6 Å². The van der Waals surface area contributed by atoms with Gasteiger partial charge in [0.25, 0.3) is 0 Å². The van der Waals surface area contributed by atoms with Gasteiger partial charge in [-0.15, -0.1) is 0 Å². The minimum absolute atomic E-state index is 0.0276. The highest BCUT2D eigenvalue weighted by Crippen LogP contribution is 2.51. The average molecular weight is 940 g/mol. The van der Waals surface area contributed by atoms with E-state index in [1.54, 1.807) is 0 Å². The van der Waals surface area contributed by atoms with E-state index in [4.69, 9.17) is 0 Å². The summed E-state index contributed by atoms with van der Waals surface area (Å²) in [7, 11) is 0. The molecule has 0 saturated heterocycles. The van der Waals surface area contributed by atoms with Crippen LogP contribution in [0.4, 0.5) is 28.4 Å². The minimum Gasteiger partial charge on any atom is -0.380 e. The number of benzene rings is 5. The van der Waals surface area contributed by atoms with Gasteiger partial charge in [0.05, 0.1) is 0 Å². The van der Waals surface area contributed by atoms with Crippen molar-refractivity contribution in [2.75, 3.05) is 15.0 Å². The molecular formula is C67H82BN3. The van der Waals surface area contributed by atoms with Crippen molar-refractivity contribution in [2.45, 2.75) is 169 Å². The lowest BCUT2D eigenvalue weighted by atomic mass is 9.45. The Morgan fingerprint density at radius 1 is 0.577 bits per heavy atom. The summed E-state index contributed by atoms with van der Waals surface area (Å²) in [5.41, 5.74) is 20.6. The molecule has 3 nitrogen and oxygen atoms in total. The third-order valence-corrected chi connectivity index (χ3v) is 16.8. The Hall–Kier alpha value is -5.74. The Morgan fingerprint density at radius 2 is 1.21 bits per heavy atom. The molecule has 0 fully saturated rings. The third-order valence-electron chi connectivity index (χ3n) is 16.8. The van der Waals surface area contributed by atoms with Crippen LogP contribution in [0.3, 0.4) is 0 Å². The van der Waals surface area contributed by atoms with Gasteiger partial charge in [0.1, 0.15) is 0 Å². The van der Waals surface area contributed by atoms with Gasteiger partial charge in [0, 0.05) is 40.3 Å². The summed E-state index contributed by atoms with van der Waals surface area (Å²) < 4.78 is 0. The number of nitrogens with one attached hydrogen (secondary N) is 1. The molecule has 5 aromatic rings. The van der Waals surface area contributed by atoms with Crippen LogP contribution in [0.2, 0.25) is 0 Å². The Balaban J connectivity index is 1.50. The molecule has 3 aliphatic carbocycles. The molecule has 0 amide bonds. The molecule has 0 aromatic heterocycles. The van der Waals surface area contributed by atoms with Crippen molar-refractivity contribution >= 4 is 51.8 Å². The smallest absolute Gasteiger partial charge is 0.330 e. The van der Waals surface area contributed by atoms with Crippen molar-refractivity contribution in [2.24, 2.45) is 5.41 Å². The van der Waals surface area contributed by atoms with Crippen molar-refractivity contribution in [3.63, 3.8) is 0 Å². The minimum atomic E-state index is -0.227. The van der Waals surface area contributed by atoms with Gasteiger partial charge in [-0.1, -0.05) is 176 Å². The lowest BCUT2D eigenvalue weighted by Crippen LogP contribution is -2.59. The van der Waals surface area contributed by atoms with Crippen LogP contribution in [0.5, 0.6) is 0 Å². The SMILES string of the molecule is C/C1=C/C(C(C)(C)C)=C\C=C\Nc2cccc(c2)N(c2ccc3c(c2)C(C)(C)CCC3(C)C)c2cc3c(cc2B(N(C2=CC=CCC2)c2ccccc2)c2ccc(C(C)(C)C)cc21)C(C)(C)CCC3(C)C. The van der Waals surface area contributed by atoms with Crippen LogP contribution in [0.1, 0.15) is 176 Å². The summed E-state index contributed by atoms with van der Waals surface area (Å²) in [5.74, 6) is 0. The maximum absolute atomic E-state index is 3.73. The van der Waals surface area contributed by atoms with Crippen LogP contribution in [0.25, 0.3) is 5.57 Å². The molecule has 0 spiro atoms. The molecule has 1 heterocycles. The Morgan fingerprint density at radius 3 is 1.85 bits per heavy atom. The monoisotopic (exact) mass is 940 g/mol. The van der Waals surface area contributed by atoms with Crippen LogP contribution in [0, 0.1) is 5.41 Å². The van der Waals surface area contributed by atoms with Gasteiger partial charge in [0.2, 0.25) is 0 Å². The highest BCUT2D eigenvalue weighted by molar-refractivity contribution is 6.90. The second-order valence-corrected chi connectivity index (χ2v) is 26.1. The normalized spacial score (nSPS) is 21.1. The predicted octanol–water partition coefficient (Wildman–Crippen LogP) is 17.3. The number of hydrogen-bond acceptors (Lipinski definition) is 3. The fourth-order valence-electron chi connectivity index (χ4n) is 11.9. The summed E-state index contributed by atoms with van der Waals surface area (Å²) in [5, 5.41) is 3.73. The summed E-state index contributed by atoms with van der Waals surface area (Å²) in [6, 6.07) is 40.7. The van der Waals surface area contributed by atoms with Crippen molar-refractivity contribution in [3.8, 4) is 0 Å². The molecule has 0 radical (unpaired) electrons. The van der Waals surface area contributed by atoms with Crippen LogP contribution < -0.4 is 26.0 Å². The van der Waals surface area contributed by atoms with E-state index in [0.717, 1.165) is 43.5 Å². The Bertz CT molecular complexity index is 2990. The van der Waals surface area contributed by atoms with Gasteiger partial charge in [-0.25, -0.2) is 0 Å². The quantitative estimate of drug-likeness (QED) is 0.181. The largest absolute Gasteiger partial charge is 0.380 e.